The second-order valence-electron chi connectivity index (χ2n) is 6.26. The molecule has 6 heteroatoms. The highest BCUT2D eigenvalue weighted by molar-refractivity contribution is 5.96. The standard InChI is InChI=1S/C17H23N5O/c1-11(2)15-20-16(22-21-15)13-5-3-4-6-14(13)19-17(23)12-7-9-18-10-8-12/h3-6,11-12,18H,7-10H2,1-2H3,(H,19,23)(H,20,21,22). The number of aromatic nitrogens is 3. The molecule has 2 aromatic rings. The molecule has 0 unspecified atom stereocenters. The lowest BCUT2D eigenvalue weighted by molar-refractivity contribution is -0.120. The van der Waals surface area contributed by atoms with E-state index < -0.39 is 0 Å². The highest BCUT2D eigenvalue weighted by atomic mass is 16.1. The molecular weight excluding hydrogens is 290 g/mol. The van der Waals surface area contributed by atoms with E-state index in [9.17, 15) is 4.79 Å². The second-order valence-corrected chi connectivity index (χ2v) is 6.26. The van der Waals surface area contributed by atoms with E-state index in [1.54, 1.807) is 0 Å². The molecule has 23 heavy (non-hydrogen) atoms. The van der Waals surface area contributed by atoms with Gasteiger partial charge in [-0.05, 0) is 38.1 Å². The van der Waals surface area contributed by atoms with E-state index in [4.69, 9.17) is 0 Å². The number of nitrogens with zero attached hydrogens (tertiary/aromatic N) is 2. The first-order valence-corrected chi connectivity index (χ1v) is 8.18. The molecule has 0 spiro atoms. The minimum atomic E-state index is 0.0719. The molecule has 1 saturated heterocycles. The van der Waals surface area contributed by atoms with Crippen LogP contribution in [0.5, 0.6) is 0 Å². The third kappa shape index (κ3) is 3.59. The van der Waals surface area contributed by atoms with Gasteiger partial charge in [-0.25, -0.2) is 4.98 Å². The van der Waals surface area contributed by atoms with Crippen LogP contribution in [-0.4, -0.2) is 34.2 Å². The molecule has 0 saturated carbocycles. The van der Waals surface area contributed by atoms with E-state index in [2.05, 4.69) is 39.7 Å². The summed E-state index contributed by atoms with van der Waals surface area (Å²) < 4.78 is 0. The number of benzene rings is 1. The van der Waals surface area contributed by atoms with Gasteiger partial charge in [-0.1, -0.05) is 26.0 Å². The number of carbonyl (C=O) groups excluding carboxylic acids is 1. The minimum absolute atomic E-state index is 0.0719. The van der Waals surface area contributed by atoms with Crippen LogP contribution in [0.15, 0.2) is 24.3 Å². The summed E-state index contributed by atoms with van der Waals surface area (Å²) >= 11 is 0. The molecule has 1 aromatic heterocycles. The molecular formula is C17H23N5O. The Labute approximate surface area is 136 Å². The molecule has 1 aromatic carbocycles. The zero-order chi connectivity index (χ0) is 16.2. The summed E-state index contributed by atoms with van der Waals surface area (Å²) in [5, 5.41) is 13.6. The van der Waals surface area contributed by atoms with Crippen molar-refractivity contribution >= 4 is 11.6 Å². The van der Waals surface area contributed by atoms with Crippen molar-refractivity contribution < 1.29 is 4.79 Å². The topological polar surface area (TPSA) is 82.7 Å². The number of aromatic amines is 1. The van der Waals surface area contributed by atoms with E-state index in [1.807, 2.05) is 24.3 Å². The van der Waals surface area contributed by atoms with Crippen molar-refractivity contribution in [2.75, 3.05) is 18.4 Å². The molecule has 1 fully saturated rings. The van der Waals surface area contributed by atoms with Crippen molar-refractivity contribution in [1.29, 1.82) is 0 Å². The molecule has 1 aliphatic heterocycles. The largest absolute Gasteiger partial charge is 0.325 e. The maximum Gasteiger partial charge on any atom is 0.227 e. The van der Waals surface area contributed by atoms with Crippen molar-refractivity contribution in [3.8, 4) is 11.4 Å². The Bertz CT molecular complexity index is 673. The number of para-hydroxylation sites is 1. The molecule has 1 amide bonds. The lowest BCUT2D eigenvalue weighted by Crippen LogP contribution is -2.34. The van der Waals surface area contributed by atoms with Crippen molar-refractivity contribution in [2.24, 2.45) is 5.92 Å². The van der Waals surface area contributed by atoms with Crippen LogP contribution in [0, 0.1) is 5.92 Å². The van der Waals surface area contributed by atoms with Gasteiger partial charge in [0.25, 0.3) is 0 Å². The monoisotopic (exact) mass is 313 g/mol. The Balaban J connectivity index is 1.81. The van der Waals surface area contributed by atoms with E-state index in [0.29, 0.717) is 5.82 Å². The number of nitrogens with one attached hydrogen (secondary N) is 3. The number of piperidine rings is 1. The number of hydrogen-bond acceptors (Lipinski definition) is 4. The van der Waals surface area contributed by atoms with E-state index in [-0.39, 0.29) is 17.7 Å². The van der Waals surface area contributed by atoms with Crippen molar-refractivity contribution in [3.05, 3.63) is 30.1 Å². The van der Waals surface area contributed by atoms with Gasteiger partial charge >= 0.3 is 0 Å². The van der Waals surface area contributed by atoms with Gasteiger partial charge in [-0.15, -0.1) is 0 Å². The summed E-state index contributed by atoms with van der Waals surface area (Å²) in [7, 11) is 0. The molecule has 2 heterocycles. The van der Waals surface area contributed by atoms with Crippen LogP contribution in [0.4, 0.5) is 5.69 Å². The summed E-state index contributed by atoms with van der Waals surface area (Å²) in [6, 6.07) is 7.68. The number of H-pyrrole nitrogens is 1. The zero-order valence-electron chi connectivity index (χ0n) is 13.6. The van der Waals surface area contributed by atoms with Crippen LogP contribution < -0.4 is 10.6 Å². The van der Waals surface area contributed by atoms with Gasteiger partial charge in [-0.2, -0.15) is 5.10 Å². The molecule has 0 atom stereocenters. The van der Waals surface area contributed by atoms with Crippen LogP contribution >= 0.6 is 0 Å². The lowest BCUT2D eigenvalue weighted by Gasteiger charge is -2.22. The Morgan fingerprint density at radius 3 is 2.70 bits per heavy atom. The average Bonchev–Trinajstić information content (AvgIpc) is 3.06. The normalized spacial score (nSPS) is 15.8. The molecule has 3 rings (SSSR count). The third-order valence-electron chi connectivity index (χ3n) is 4.19. The van der Waals surface area contributed by atoms with Gasteiger partial charge < -0.3 is 10.6 Å². The van der Waals surface area contributed by atoms with Crippen LogP contribution in [0.3, 0.4) is 0 Å². The first-order chi connectivity index (χ1) is 11.1. The van der Waals surface area contributed by atoms with Gasteiger partial charge in [0.1, 0.15) is 5.82 Å². The molecule has 0 radical (unpaired) electrons. The Kier molecular flexibility index (Phi) is 4.71. The second kappa shape index (κ2) is 6.91. The predicted octanol–water partition coefficient (Wildman–Crippen LogP) is 2.53. The fourth-order valence-corrected chi connectivity index (χ4v) is 2.76. The van der Waals surface area contributed by atoms with E-state index >= 15 is 0 Å². The summed E-state index contributed by atoms with van der Waals surface area (Å²) in [5.41, 5.74) is 1.61. The van der Waals surface area contributed by atoms with E-state index in [1.165, 1.54) is 0 Å². The first-order valence-electron chi connectivity index (χ1n) is 8.18. The van der Waals surface area contributed by atoms with Gasteiger partial charge in [-0.3, -0.25) is 9.89 Å². The molecule has 1 aliphatic rings. The third-order valence-corrected chi connectivity index (χ3v) is 4.19. The van der Waals surface area contributed by atoms with Crippen molar-refractivity contribution in [2.45, 2.75) is 32.6 Å². The zero-order valence-corrected chi connectivity index (χ0v) is 13.6. The number of carbonyl (C=O) groups is 1. The lowest BCUT2D eigenvalue weighted by atomic mass is 9.97. The quantitative estimate of drug-likeness (QED) is 0.810. The molecule has 0 bridgehead atoms. The predicted molar refractivity (Wildman–Crippen MR) is 90.1 cm³/mol. The number of anilines is 1. The van der Waals surface area contributed by atoms with Gasteiger partial charge in [0.2, 0.25) is 5.91 Å². The average molecular weight is 313 g/mol. The van der Waals surface area contributed by atoms with E-state index in [0.717, 1.165) is 43.0 Å². The van der Waals surface area contributed by atoms with Gasteiger partial charge in [0, 0.05) is 17.4 Å². The SMILES string of the molecule is CC(C)c1nc(-c2ccccc2NC(=O)C2CCNCC2)n[nH]1. The maximum absolute atomic E-state index is 12.5. The molecule has 0 aliphatic carbocycles. The molecule has 122 valence electrons. The molecule has 3 N–H and O–H groups in total. The van der Waals surface area contributed by atoms with Crippen molar-refractivity contribution in [1.82, 2.24) is 20.5 Å². The smallest absolute Gasteiger partial charge is 0.227 e. The summed E-state index contributed by atoms with van der Waals surface area (Å²) in [6.45, 7) is 5.93. The maximum atomic E-state index is 12.5. The van der Waals surface area contributed by atoms with Gasteiger partial charge in [0.05, 0.1) is 5.69 Å². The molecule has 6 nitrogen and oxygen atoms in total. The summed E-state index contributed by atoms with van der Waals surface area (Å²) in [6.07, 6.45) is 1.76. The fourth-order valence-electron chi connectivity index (χ4n) is 2.76. The number of hydrogen-bond donors (Lipinski definition) is 3. The highest BCUT2D eigenvalue weighted by Gasteiger charge is 2.22. The fraction of sp³-hybridized carbons (Fsp3) is 0.471. The highest BCUT2D eigenvalue weighted by Crippen LogP contribution is 2.27. The summed E-state index contributed by atoms with van der Waals surface area (Å²) in [5.74, 6) is 1.91. The summed E-state index contributed by atoms with van der Waals surface area (Å²) in [4.78, 5) is 17.0. The van der Waals surface area contributed by atoms with Crippen LogP contribution in [0.1, 0.15) is 38.4 Å². The Hall–Kier alpha value is -2.21. The van der Waals surface area contributed by atoms with Crippen LogP contribution in [0.25, 0.3) is 11.4 Å². The number of rotatable bonds is 4. The van der Waals surface area contributed by atoms with Gasteiger partial charge in [0.15, 0.2) is 5.82 Å². The minimum Gasteiger partial charge on any atom is -0.325 e. The Morgan fingerprint density at radius 1 is 1.26 bits per heavy atom. The Morgan fingerprint density at radius 2 is 2.00 bits per heavy atom. The van der Waals surface area contributed by atoms with Crippen molar-refractivity contribution in [3.63, 3.8) is 0 Å². The number of amides is 1. The van der Waals surface area contributed by atoms with Crippen LogP contribution in [-0.2, 0) is 4.79 Å². The first kappa shape index (κ1) is 15.7. The van der Waals surface area contributed by atoms with Crippen LogP contribution in [0.2, 0.25) is 0 Å².